The van der Waals surface area contributed by atoms with Gasteiger partial charge >= 0.3 is 5.97 Å². The fourth-order valence-corrected chi connectivity index (χ4v) is 3.53. The van der Waals surface area contributed by atoms with Crippen molar-refractivity contribution < 1.29 is 18.7 Å². The summed E-state index contributed by atoms with van der Waals surface area (Å²) in [4.78, 5) is 29.3. The summed E-state index contributed by atoms with van der Waals surface area (Å²) in [5, 5.41) is 3.19. The number of esters is 1. The Bertz CT molecular complexity index is 1070. The number of fused-ring (bicyclic) bond motifs is 2. The molecule has 0 fully saturated rings. The van der Waals surface area contributed by atoms with Gasteiger partial charge in [0.05, 0.1) is 23.0 Å². The van der Waals surface area contributed by atoms with Crippen LogP contribution in [0.4, 0.5) is 0 Å². The number of carbonyl (C=O) groups is 2. The number of para-hydroxylation sites is 1. The minimum absolute atomic E-state index is 0.310. The number of ether oxygens (including phenoxy) is 1. The molecule has 1 aliphatic rings. The Kier molecular flexibility index (Phi) is 4.93. The monoisotopic (exact) mass is 376 g/mol. The summed E-state index contributed by atoms with van der Waals surface area (Å²) in [6.45, 7) is -0.310. The standard InChI is InChI=1S/C22H20N2O4/c1-23-19(25)13-28-22(26)20-16-8-2-3-10-18(16)24-21-14(6-4-9-17(20)21)12-15-7-5-11-27-15/h2-3,5,7-8,10-12H,4,6,9,13H2,1H3,(H,23,25). The molecule has 0 spiro atoms. The van der Waals surface area contributed by atoms with Crippen molar-refractivity contribution in [2.24, 2.45) is 0 Å². The number of nitrogens with one attached hydrogen (secondary N) is 1. The number of benzene rings is 1. The maximum atomic E-state index is 12.9. The van der Waals surface area contributed by atoms with Crippen molar-refractivity contribution >= 4 is 34.4 Å². The van der Waals surface area contributed by atoms with Crippen molar-refractivity contribution in [1.29, 1.82) is 0 Å². The highest BCUT2D eigenvalue weighted by Crippen LogP contribution is 2.36. The van der Waals surface area contributed by atoms with E-state index in [-0.39, 0.29) is 12.5 Å². The Morgan fingerprint density at radius 1 is 1.21 bits per heavy atom. The molecule has 6 heteroatoms. The minimum atomic E-state index is -0.502. The van der Waals surface area contributed by atoms with Crippen LogP contribution in [0.5, 0.6) is 0 Å². The van der Waals surface area contributed by atoms with Gasteiger partial charge < -0.3 is 14.5 Å². The molecule has 0 bridgehead atoms. The van der Waals surface area contributed by atoms with Gasteiger partial charge in [-0.3, -0.25) is 4.79 Å². The first kappa shape index (κ1) is 18.0. The van der Waals surface area contributed by atoms with Gasteiger partial charge in [-0.2, -0.15) is 0 Å². The van der Waals surface area contributed by atoms with E-state index in [0.29, 0.717) is 5.56 Å². The van der Waals surface area contributed by atoms with Gasteiger partial charge in [-0.05, 0) is 54.7 Å². The number of rotatable bonds is 4. The maximum Gasteiger partial charge on any atom is 0.339 e. The number of hydrogen-bond acceptors (Lipinski definition) is 5. The number of amides is 1. The lowest BCUT2D eigenvalue weighted by molar-refractivity contribution is -0.123. The van der Waals surface area contributed by atoms with Crippen molar-refractivity contribution in [3.8, 4) is 0 Å². The van der Waals surface area contributed by atoms with Gasteiger partial charge in [0, 0.05) is 12.4 Å². The first-order valence-electron chi connectivity index (χ1n) is 9.21. The third-order valence-electron chi connectivity index (χ3n) is 4.85. The quantitative estimate of drug-likeness (QED) is 0.704. The third kappa shape index (κ3) is 3.41. The van der Waals surface area contributed by atoms with E-state index in [4.69, 9.17) is 14.1 Å². The summed E-state index contributed by atoms with van der Waals surface area (Å²) < 4.78 is 10.7. The molecule has 2 heterocycles. The van der Waals surface area contributed by atoms with E-state index in [0.717, 1.165) is 52.8 Å². The second kappa shape index (κ2) is 7.68. The molecule has 6 nitrogen and oxygen atoms in total. The van der Waals surface area contributed by atoms with E-state index in [2.05, 4.69) is 5.32 Å². The van der Waals surface area contributed by atoms with Crippen molar-refractivity contribution in [2.75, 3.05) is 13.7 Å². The second-order valence-corrected chi connectivity index (χ2v) is 6.62. The van der Waals surface area contributed by atoms with Crippen LogP contribution in [0, 0.1) is 0 Å². The van der Waals surface area contributed by atoms with Gasteiger partial charge in [0.1, 0.15) is 5.76 Å². The Morgan fingerprint density at radius 2 is 2.07 bits per heavy atom. The normalized spacial score (nSPS) is 14.7. The highest BCUT2D eigenvalue weighted by atomic mass is 16.5. The van der Waals surface area contributed by atoms with E-state index in [1.165, 1.54) is 7.05 Å². The van der Waals surface area contributed by atoms with E-state index < -0.39 is 5.97 Å². The van der Waals surface area contributed by atoms with Crippen LogP contribution in [0.3, 0.4) is 0 Å². The molecule has 2 aromatic heterocycles. The molecule has 3 aromatic rings. The zero-order chi connectivity index (χ0) is 19.5. The summed E-state index contributed by atoms with van der Waals surface area (Å²) in [6, 6.07) is 11.2. The van der Waals surface area contributed by atoms with Crippen LogP contribution in [0.1, 0.15) is 40.2 Å². The Hall–Kier alpha value is -3.41. The van der Waals surface area contributed by atoms with E-state index >= 15 is 0 Å². The molecule has 0 aliphatic heterocycles. The molecule has 142 valence electrons. The van der Waals surface area contributed by atoms with Gasteiger partial charge in [-0.15, -0.1) is 0 Å². The Morgan fingerprint density at radius 3 is 2.86 bits per heavy atom. The molecule has 4 rings (SSSR count). The highest BCUT2D eigenvalue weighted by Gasteiger charge is 2.26. The van der Waals surface area contributed by atoms with E-state index in [1.807, 2.05) is 42.5 Å². The second-order valence-electron chi connectivity index (χ2n) is 6.62. The molecule has 1 aromatic carbocycles. The number of hydrogen-bond donors (Lipinski definition) is 1. The van der Waals surface area contributed by atoms with Crippen LogP contribution in [0.2, 0.25) is 0 Å². The lowest BCUT2D eigenvalue weighted by Crippen LogP contribution is -2.26. The van der Waals surface area contributed by atoms with Crippen molar-refractivity contribution in [1.82, 2.24) is 10.3 Å². The molecule has 1 aliphatic carbocycles. The number of carbonyl (C=O) groups excluding carboxylic acids is 2. The fourth-order valence-electron chi connectivity index (χ4n) is 3.53. The van der Waals surface area contributed by atoms with Crippen molar-refractivity contribution in [3.63, 3.8) is 0 Å². The number of allylic oxidation sites excluding steroid dienone is 1. The lowest BCUT2D eigenvalue weighted by Gasteiger charge is -2.22. The molecule has 0 saturated carbocycles. The van der Waals surface area contributed by atoms with Crippen LogP contribution in [-0.2, 0) is 16.0 Å². The zero-order valence-electron chi connectivity index (χ0n) is 15.5. The van der Waals surface area contributed by atoms with Crippen LogP contribution in [-0.4, -0.2) is 30.5 Å². The van der Waals surface area contributed by atoms with Gasteiger partial charge in [0.15, 0.2) is 6.61 Å². The molecule has 1 N–H and O–H groups in total. The third-order valence-corrected chi connectivity index (χ3v) is 4.85. The first-order valence-corrected chi connectivity index (χ1v) is 9.21. The van der Waals surface area contributed by atoms with Gasteiger partial charge in [-0.25, -0.2) is 9.78 Å². The number of nitrogens with zero attached hydrogens (tertiary/aromatic N) is 1. The SMILES string of the molecule is CNC(=O)COC(=O)c1c2c(nc3ccccc13)C(=Cc1ccco1)CCC2. The molecule has 0 unspecified atom stereocenters. The number of pyridine rings is 1. The molecule has 1 amide bonds. The van der Waals surface area contributed by atoms with Crippen LogP contribution in [0.25, 0.3) is 22.6 Å². The Labute approximate surface area is 162 Å². The molecule has 0 saturated heterocycles. The predicted octanol–water partition coefficient (Wildman–Crippen LogP) is 3.61. The molecular formula is C22H20N2O4. The van der Waals surface area contributed by atoms with Gasteiger partial charge in [0.25, 0.3) is 5.91 Å². The molecule has 0 atom stereocenters. The topological polar surface area (TPSA) is 81.4 Å². The maximum absolute atomic E-state index is 12.9. The van der Waals surface area contributed by atoms with Gasteiger partial charge in [-0.1, -0.05) is 18.2 Å². The average Bonchev–Trinajstić information content (AvgIpc) is 3.23. The number of aromatic nitrogens is 1. The summed E-state index contributed by atoms with van der Waals surface area (Å²) in [5.41, 5.74) is 3.91. The largest absolute Gasteiger partial charge is 0.465 e. The zero-order valence-corrected chi connectivity index (χ0v) is 15.5. The molecule has 0 radical (unpaired) electrons. The Balaban J connectivity index is 1.84. The number of likely N-dealkylation sites (N-methyl/N-ethyl adjacent to an activating group) is 1. The lowest BCUT2D eigenvalue weighted by atomic mass is 9.86. The van der Waals surface area contributed by atoms with Crippen LogP contribution in [0.15, 0.2) is 47.1 Å². The summed E-state index contributed by atoms with van der Waals surface area (Å²) >= 11 is 0. The van der Waals surface area contributed by atoms with Gasteiger partial charge in [0.2, 0.25) is 0 Å². The highest BCUT2D eigenvalue weighted by molar-refractivity contribution is 6.07. The minimum Gasteiger partial charge on any atom is -0.465 e. The molecular weight excluding hydrogens is 356 g/mol. The summed E-state index contributed by atoms with van der Waals surface area (Å²) in [7, 11) is 1.51. The van der Waals surface area contributed by atoms with E-state index in [9.17, 15) is 9.59 Å². The predicted molar refractivity (Wildman–Crippen MR) is 106 cm³/mol. The van der Waals surface area contributed by atoms with Crippen molar-refractivity contribution in [3.05, 3.63) is 65.2 Å². The average molecular weight is 376 g/mol. The smallest absolute Gasteiger partial charge is 0.339 e. The molecule has 28 heavy (non-hydrogen) atoms. The summed E-state index contributed by atoms with van der Waals surface area (Å²) in [6.07, 6.45) is 6.08. The van der Waals surface area contributed by atoms with E-state index in [1.54, 1.807) is 6.26 Å². The van der Waals surface area contributed by atoms with Crippen LogP contribution >= 0.6 is 0 Å². The van der Waals surface area contributed by atoms with Crippen LogP contribution < -0.4 is 5.32 Å². The first-order chi connectivity index (χ1) is 13.7. The summed E-state index contributed by atoms with van der Waals surface area (Å²) in [5.74, 6) is -0.0989. The number of furan rings is 1. The fraction of sp³-hybridized carbons (Fsp3) is 0.227. The van der Waals surface area contributed by atoms with Crippen molar-refractivity contribution in [2.45, 2.75) is 19.3 Å².